The van der Waals surface area contributed by atoms with E-state index in [1.54, 1.807) is 6.33 Å². The van der Waals surface area contributed by atoms with Crippen molar-refractivity contribution in [3.05, 3.63) is 53.6 Å². The fraction of sp³-hybridized carbons (Fsp3) is 0.231. The average molecular weight is 213 g/mol. The summed E-state index contributed by atoms with van der Waals surface area (Å²) in [6.07, 6.45) is 5.19. The molecule has 3 heteroatoms. The van der Waals surface area contributed by atoms with Gasteiger partial charge in [0.15, 0.2) is 0 Å². The Balaban J connectivity index is 2.05. The number of hydrogen-bond donors (Lipinski definition) is 1. The molecule has 0 unspecified atom stereocenters. The van der Waals surface area contributed by atoms with Crippen LogP contribution in [0.15, 0.2) is 36.9 Å². The molecule has 0 bridgehead atoms. The molecule has 2 rings (SSSR count). The molecular weight excluding hydrogens is 198 g/mol. The third kappa shape index (κ3) is 2.57. The molecule has 1 N–H and O–H groups in total. The van der Waals surface area contributed by atoms with Gasteiger partial charge in [-0.25, -0.2) is 9.97 Å². The van der Waals surface area contributed by atoms with Gasteiger partial charge in [0.2, 0.25) is 0 Å². The highest BCUT2D eigenvalue weighted by molar-refractivity contribution is 5.52. The van der Waals surface area contributed by atoms with Crippen LogP contribution >= 0.6 is 0 Å². The minimum Gasteiger partial charge on any atom is -0.381 e. The lowest BCUT2D eigenvalue weighted by molar-refractivity contribution is 1.05. The molecule has 1 aromatic heterocycles. The van der Waals surface area contributed by atoms with Gasteiger partial charge >= 0.3 is 0 Å². The maximum Gasteiger partial charge on any atom is 0.115 e. The van der Waals surface area contributed by atoms with E-state index in [2.05, 4.69) is 47.3 Å². The lowest BCUT2D eigenvalue weighted by Crippen LogP contribution is -2.01. The second-order valence-electron chi connectivity index (χ2n) is 3.92. The van der Waals surface area contributed by atoms with E-state index in [4.69, 9.17) is 0 Å². The summed E-state index contributed by atoms with van der Waals surface area (Å²) in [6.45, 7) is 4.96. The van der Waals surface area contributed by atoms with Crippen LogP contribution in [0.5, 0.6) is 0 Å². The van der Waals surface area contributed by atoms with Gasteiger partial charge in [-0.3, -0.25) is 0 Å². The normalized spacial score (nSPS) is 10.1. The molecule has 0 radical (unpaired) electrons. The number of hydrogen-bond acceptors (Lipinski definition) is 3. The Morgan fingerprint density at radius 2 is 1.88 bits per heavy atom. The molecule has 1 aromatic carbocycles. The molecule has 0 saturated heterocycles. The van der Waals surface area contributed by atoms with Crippen molar-refractivity contribution in [3.8, 4) is 0 Å². The van der Waals surface area contributed by atoms with E-state index < -0.39 is 0 Å². The van der Waals surface area contributed by atoms with Crippen LogP contribution in [0, 0.1) is 13.8 Å². The zero-order chi connectivity index (χ0) is 11.4. The van der Waals surface area contributed by atoms with Crippen LogP contribution < -0.4 is 5.32 Å². The second kappa shape index (κ2) is 4.75. The Kier molecular flexibility index (Phi) is 3.15. The largest absolute Gasteiger partial charge is 0.381 e. The summed E-state index contributed by atoms with van der Waals surface area (Å²) in [5.74, 6) is 0. The zero-order valence-corrected chi connectivity index (χ0v) is 9.57. The van der Waals surface area contributed by atoms with Gasteiger partial charge < -0.3 is 5.32 Å². The molecule has 82 valence electrons. The predicted octanol–water partition coefficient (Wildman–Crippen LogP) is 2.71. The second-order valence-corrected chi connectivity index (χ2v) is 3.92. The third-order valence-electron chi connectivity index (χ3n) is 2.48. The summed E-state index contributed by atoms with van der Waals surface area (Å²) < 4.78 is 0. The van der Waals surface area contributed by atoms with Gasteiger partial charge in [0.1, 0.15) is 6.33 Å². The Hall–Kier alpha value is -1.90. The SMILES string of the molecule is Cc1ccc(NCc2cncnc2)c(C)c1. The Morgan fingerprint density at radius 1 is 1.12 bits per heavy atom. The van der Waals surface area contributed by atoms with Crippen LogP contribution in [0.4, 0.5) is 5.69 Å². The van der Waals surface area contributed by atoms with Crippen molar-refractivity contribution in [2.24, 2.45) is 0 Å². The first-order valence-corrected chi connectivity index (χ1v) is 5.31. The summed E-state index contributed by atoms with van der Waals surface area (Å²) in [4.78, 5) is 7.96. The first kappa shape index (κ1) is 10.6. The average Bonchev–Trinajstić information content (AvgIpc) is 2.29. The number of nitrogens with zero attached hydrogens (tertiary/aromatic N) is 2. The van der Waals surface area contributed by atoms with Crippen LogP contribution in [0.1, 0.15) is 16.7 Å². The van der Waals surface area contributed by atoms with E-state index in [-0.39, 0.29) is 0 Å². The van der Waals surface area contributed by atoms with E-state index in [9.17, 15) is 0 Å². The smallest absolute Gasteiger partial charge is 0.115 e. The van der Waals surface area contributed by atoms with Crippen LogP contribution in [-0.4, -0.2) is 9.97 Å². The molecule has 3 nitrogen and oxygen atoms in total. The molecular formula is C13H15N3. The van der Waals surface area contributed by atoms with Gasteiger partial charge in [-0.2, -0.15) is 0 Å². The molecule has 0 aliphatic carbocycles. The van der Waals surface area contributed by atoms with Crippen LogP contribution in [-0.2, 0) is 6.54 Å². The van der Waals surface area contributed by atoms with Crippen molar-refractivity contribution in [2.45, 2.75) is 20.4 Å². The number of aryl methyl sites for hydroxylation is 2. The monoisotopic (exact) mass is 213 g/mol. The Labute approximate surface area is 95.6 Å². The van der Waals surface area contributed by atoms with Gasteiger partial charge in [0, 0.05) is 30.2 Å². The molecule has 0 amide bonds. The lowest BCUT2D eigenvalue weighted by Gasteiger charge is -2.09. The highest BCUT2D eigenvalue weighted by atomic mass is 14.9. The zero-order valence-electron chi connectivity index (χ0n) is 9.57. The fourth-order valence-electron chi connectivity index (χ4n) is 1.63. The summed E-state index contributed by atoms with van der Waals surface area (Å²) in [5.41, 5.74) is 4.79. The van der Waals surface area contributed by atoms with Gasteiger partial charge in [0.05, 0.1) is 0 Å². The Bertz CT molecular complexity index is 466. The maximum atomic E-state index is 3.98. The van der Waals surface area contributed by atoms with Crippen molar-refractivity contribution in [1.29, 1.82) is 0 Å². The first-order chi connectivity index (χ1) is 7.75. The number of aromatic nitrogens is 2. The van der Waals surface area contributed by atoms with Gasteiger partial charge in [-0.05, 0) is 25.5 Å². The fourth-order valence-corrected chi connectivity index (χ4v) is 1.63. The minimum atomic E-state index is 0.755. The number of anilines is 1. The molecule has 0 spiro atoms. The highest BCUT2D eigenvalue weighted by Crippen LogP contribution is 2.16. The number of benzene rings is 1. The summed E-state index contributed by atoms with van der Waals surface area (Å²) in [6, 6.07) is 6.38. The third-order valence-corrected chi connectivity index (χ3v) is 2.48. The molecule has 0 aliphatic rings. The molecule has 0 aliphatic heterocycles. The van der Waals surface area contributed by atoms with Gasteiger partial charge in [0.25, 0.3) is 0 Å². The van der Waals surface area contributed by atoms with Crippen LogP contribution in [0.25, 0.3) is 0 Å². The summed E-state index contributed by atoms with van der Waals surface area (Å²) >= 11 is 0. The standard InChI is InChI=1S/C13H15N3/c1-10-3-4-13(11(2)5-10)16-8-12-6-14-9-15-7-12/h3-7,9,16H,8H2,1-2H3. The Morgan fingerprint density at radius 3 is 2.56 bits per heavy atom. The quantitative estimate of drug-likeness (QED) is 0.851. The highest BCUT2D eigenvalue weighted by Gasteiger charge is 1.98. The maximum absolute atomic E-state index is 3.98. The minimum absolute atomic E-state index is 0.755. The van der Waals surface area contributed by atoms with Crippen molar-refractivity contribution in [3.63, 3.8) is 0 Å². The van der Waals surface area contributed by atoms with Crippen LogP contribution in [0.3, 0.4) is 0 Å². The molecule has 2 aromatic rings. The molecule has 0 saturated carbocycles. The molecule has 1 heterocycles. The van der Waals surface area contributed by atoms with Gasteiger partial charge in [-0.15, -0.1) is 0 Å². The molecule has 16 heavy (non-hydrogen) atoms. The van der Waals surface area contributed by atoms with Crippen molar-refractivity contribution < 1.29 is 0 Å². The van der Waals surface area contributed by atoms with E-state index >= 15 is 0 Å². The lowest BCUT2D eigenvalue weighted by atomic mass is 10.1. The van der Waals surface area contributed by atoms with Gasteiger partial charge in [-0.1, -0.05) is 17.7 Å². The van der Waals surface area contributed by atoms with E-state index in [0.717, 1.165) is 17.8 Å². The first-order valence-electron chi connectivity index (χ1n) is 5.31. The number of rotatable bonds is 3. The summed E-state index contributed by atoms with van der Waals surface area (Å²) in [7, 11) is 0. The molecule has 0 atom stereocenters. The van der Waals surface area contributed by atoms with Crippen molar-refractivity contribution in [1.82, 2.24) is 9.97 Å². The predicted molar refractivity (Wildman–Crippen MR) is 65.3 cm³/mol. The number of nitrogens with one attached hydrogen (secondary N) is 1. The van der Waals surface area contributed by atoms with Crippen molar-refractivity contribution >= 4 is 5.69 Å². The molecule has 0 fully saturated rings. The van der Waals surface area contributed by atoms with Crippen molar-refractivity contribution in [2.75, 3.05) is 5.32 Å². The topological polar surface area (TPSA) is 37.8 Å². The van der Waals surface area contributed by atoms with E-state index in [0.29, 0.717) is 0 Å². The van der Waals surface area contributed by atoms with Crippen LogP contribution in [0.2, 0.25) is 0 Å². The summed E-state index contributed by atoms with van der Waals surface area (Å²) in [5, 5.41) is 3.38. The van der Waals surface area contributed by atoms with E-state index in [1.807, 2.05) is 12.4 Å². The van der Waals surface area contributed by atoms with E-state index in [1.165, 1.54) is 11.1 Å².